The summed E-state index contributed by atoms with van der Waals surface area (Å²) in [7, 11) is -1.71. The van der Waals surface area contributed by atoms with Crippen LogP contribution >= 0.6 is 0 Å². The van der Waals surface area contributed by atoms with E-state index in [0.717, 1.165) is 6.42 Å². The Morgan fingerprint density at radius 1 is 0.652 bits per heavy atom. The van der Waals surface area contributed by atoms with Crippen molar-refractivity contribution in [1.82, 2.24) is 0 Å². The first-order valence-corrected chi connectivity index (χ1v) is 11.1. The molecule has 3 aromatic carbocycles. The molecule has 0 amide bonds. The molecule has 0 aliphatic rings. The molecule has 0 atom stereocenters. The molecule has 0 nitrogen and oxygen atoms in total. The van der Waals surface area contributed by atoms with Crippen molar-refractivity contribution in [3.05, 3.63) is 96.1 Å². The Morgan fingerprint density at radius 2 is 1.13 bits per heavy atom. The molecule has 3 rings (SSSR count). The molecule has 0 saturated heterocycles. The Bertz CT molecular complexity index is 708. The molecular weight excluding hydrogens is 292 g/mol. The first-order valence-electron chi connectivity index (χ1n) is 8.36. The lowest BCUT2D eigenvalue weighted by Gasteiger charge is -2.29. The van der Waals surface area contributed by atoms with Crippen LogP contribution in [-0.2, 0) is 6.42 Å². The molecule has 0 aliphatic heterocycles. The Hall–Kier alpha value is -2.12. The Morgan fingerprint density at radius 3 is 1.65 bits per heavy atom. The van der Waals surface area contributed by atoms with Crippen LogP contribution in [0.25, 0.3) is 0 Å². The zero-order valence-electron chi connectivity index (χ0n) is 14.0. The average Bonchev–Trinajstić information content (AvgIpc) is 2.62. The van der Waals surface area contributed by atoms with Crippen molar-refractivity contribution in [2.24, 2.45) is 0 Å². The molecule has 0 radical (unpaired) electrons. The molecule has 0 bridgehead atoms. The molecule has 23 heavy (non-hydrogen) atoms. The summed E-state index contributed by atoms with van der Waals surface area (Å²) >= 11 is 0. The molecule has 0 aromatic heterocycles. The normalized spacial score (nSPS) is 11.4. The standard InChI is InChI=1S/C22H24Si/c1-19-11-9-10-12-20(19)17-18-23(2,21-13-5-3-6-14-21)22-15-7-4-8-16-22/h3-16H,17-18H2,1-2H3. The zero-order chi connectivity index (χ0) is 16.1. The summed E-state index contributed by atoms with van der Waals surface area (Å²) in [6.07, 6.45) is 1.15. The molecule has 0 saturated carbocycles. The van der Waals surface area contributed by atoms with Crippen molar-refractivity contribution < 1.29 is 0 Å². The van der Waals surface area contributed by atoms with Crippen molar-refractivity contribution in [1.29, 1.82) is 0 Å². The summed E-state index contributed by atoms with van der Waals surface area (Å²) in [6.45, 7) is 4.73. The van der Waals surface area contributed by atoms with Crippen molar-refractivity contribution in [2.75, 3.05) is 0 Å². The lowest BCUT2D eigenvalue weighted by molar-refractivity contribution is 1.08. The third-order valence-corrected chi connectivity index (χ3v) is 9.44. The molecule has 0 heterocycles. The second-order valence-corrected chi connectivity index (χ2v) is 10.8. The minimum absolute atomic E-state index is 1.15. The van der Waals surface area contributed by atoms with Gasteiger partial charge >= 0.3 is 0 Å². The van der Waals surface area contributed by atoms with Crippen molar-refractivity contribution in [2.45, 2.75) is 25.9 Å². The summed E-state index contributed by atoms with van der Waals surface area (Å²) in [6, 6.07) is 32.2. The van der Waals surface area contributed by atoms with Gasteiger partial charge in [-0.15, -0.1) is 0 Å². The van der Waals surface area contributed by atoms with Gasteiger partial charge in [0.25, 0.3) is 0 Å². The van der Waals surface area contributed by atoms with E-state index in [4.69, 9.17) is 0 Å². The Balaban J connectivity index is 1.95. The summed E-state index contributed by atoms with van der Waals surface area (Å²) < 4.78 is 0. The van der Waals surface area contributed by atoms with E-state index in [1.54, 1.807) is 0 Å². The predicted octanol–water partition coefficient (Wildman–Crippen LogP) is 4.43. The molecule has 3 aromatic rings. The van der Waals surface area contributed by atoms with Crippen LogP contribution < -0.4 is 10.4 Å². The van der Waals surface area contributed by atoms with Crippen molar-refractivity contribution in [3.63, 3.8) is 0 Å². The van der Waals surface area contributed by atoms with E-state index in [9.17, 15) is 0 Å². The maximum Gasteiger partial charge on any atom is 0.115 e. The van der Waals surface area contributed by atoms with Gasteiger partial charge in [0.2, 0.25) is 0 Å². The van der Waals surface area contributed by atoms with E-state index in [-0.39, 0.29) is 0 Å². The highest BCUT2D eigenvalue weighted by atomic mass is 28.3. The molecule has 1 heteroatoms. The van der Waals surface area contributed by atoms with Gasteiger partial charge in [-0.25, -0.2) is 0 Å². The van der Waals surface area contributed by atoms with Crippen molar-refractivity contribution in [3.8, 4) is 0 Å². The summed E-state index contributed by atoms with van der Waals surface area (Å²) in [5.41, 5.74) is 2.89. The number of aryl methyl sites for hydroxylation is 2. The van der Waals surface area contributed by atoms with E-state index in [1.165, 1.54) is 27.5 Å². The van der Waals surface area contributed by atoms with Gasteiger partial charge in [-0.3, -0.25) is 0 Å². The van der Waals surface area contributed by atoms with E-state index in [1.807, 2.05) is 0 Å². The predicted molar refractivity (Wildman–Crippen MR) is 103 cm³/mol. The van der Waals surface area contributed by atoms with Crippen LogP contribution in [0.2, 0.25) is 12.6 Å². The van der Waals surface area contributed by atoms with Gasteiger partial charge < -0.3 is 0 Å². The third kappa shape index (κ3) is 3.46. The van der Waals surface area contributed by atoms with Gasteiger partial charge in [0.05, 0.1) is 0 Å². The average molecular weight is 317 g/mol. The van der Waals surface area contributed by atoms with Gasteiger partial charge in [-0.2, -0.15) is 0 Å². The summed E-state index contributed by atoms with van der Waals surface area (Å²) in [5, 5.41) is 3.06. The monoisotopic (exact) mass is 316 g/mol. The SMILES string of the molecule is Cc1ccccc1CC[Si](C)(c1ccccc1)c1ccccc1. The first kappa shape index (κ1) is 15.8. The summed E-state index contributed by atoms with van der Waals surface area (Å²) in [4.78, 5) is 0. The Kier molecular flexibility index (Phi) is 4.78. The number of rotatable bonds is 5. The molecular formula is C22H24Si. The fourth-order valence-electron chi connectivity index (χ4n) is 3.34. The highest BCUT2D eigenvalue weighted by molar-refractivity contribution is 7.01. The molecule has 0 aliphatic carbocycles. The van der Waals surface area contributed by atoms with Gasteiger partial charge in [0, 0.05) is 0 Å². The van der Waals surface area contributed by atoms with Crippen LogP contribution in [0.3, 0.4) is 0 Å². The van der Waals surface area contributed by atoms with E-state index < -0.39 is 8.07 Å². The number of benzene rings is 3. The van der Waals surface area contributed by atoms with Crippen LogP contribution in [0.15, 0.2) is 84.9 Å². The maximum absolute atomic E-state index is 2.51. The molecule has 0 fully saturated rings. The van der Waals surface area contributed by atoms with Gasteiger partial charge in [-0.1, -0.05) is 102 Å². The zero-order valence-corrected chi connectivity index (χ0v) is 15.0. The largest absolute Gasteiger partial charge is 0.115 e. The fraction of sp³-hybridized carbons (Fsp3) is 0.182. The molecule has 0 spiro atoms. The number of hydrogen-bond donors (Lipinski definition) is 0. The van der Waals surface area contributed by atoms with Gasteiger partial charge in [0.1, 0.15) is 8.07 Å². The highest BCUT2D eigenvalue weighted by Crippen LogP contribution is 2.17. The van der Waals surface area contributed by atoms with E-state index >= 15 is 0 Å². The van der Waals surface area contributed by atoms with Crippen LogP contribution in [-0.4, -0.2) is 8.07 Å². The quantitative estimate of drug-likeness (QED) is 0.611. The second kappa shape index (κ2) is 6.97. The van der Waals surface area contributed by atoms with E-state index in [2.05, 4.69) is 98.4 Å². The fourth-order valence-corrected chi connectivity index (χ4v) is 6.88. The molecule has 0 unspecified atom stereocenters. The second-order valence-electron chi connectivity index (χ2n) is 6.49. The maximum atomic E-state index is 2.51. The van der Waals surface area contributed by atoms with Crippen LogP contribution in [0, 0.1) is 6.92 Å². The smallest absolute Gasteiger partial charge is 0.0626 e. The summed E-state index contributed by atoms with van der Waals surface area (Å²) in [5.74, 6) is 0. The third-order valence-electron chi connectivity index (χ3n) is 4.98. The van der Waals surface area contributed by atoms with Gasteiger partial charge in [0.15, 0.2) is 0 Å². The van der Waals surface area contributed by atoms with Crippen LogP contribution in [0.4, 0.5) is 0 Å². The van der Waals surface area contributed by atoms with E-state index in [0.29, 0.717) is 0 Å². The van der Waals surface area contributed by atoms with Crippen LogP contribution in [0.5, 0.6) is 0 Å². The Labute approximate surface area is 140 Å². The highest BCUT2D eigenvalue weighted by Gasteiger charge is 2.31. The topological polar surface area (TPSA) is 0 Å². The minimum Gasteiger partial charge on any atom is -0.0626 e. The van der Waals surface area contributed by atoms with Gasteiger partial charge in [-0.05, 0) is 30.5 Å². The molecule has 116 valence electrons. The lowest BCUT2D eigenvalue weighted by Crippen LogP contribution is -2.55. The first-order chi connectivity index (χ1) is 11.2. The minimum atomic E-state index is -1.71. The lowest BCUT2D eigenvalue weighted by atomic mass is 10.1. The number of hydrogen-bond acceptors (Lipinski definition) is 0. The van der Waals surface area contributed by atoms with Crippen molar-refractivity contribution >= 4 is 18.4 Å². The molecule has 0 N–H and O–H groups in total. The van der Waals surface area contributed by atoms with Crippen LogP contribution in [0.1, 0.15) is 11.1 Å².